The van der Waals surface area contributed by atoms with E-state index in [4.69, 9.17) is 37.0 Å². The predicted octanol–water partition coefficient (Wildman–Crippen LogP) is 26.0. The van der Waals surface area contributed by atoms with Crippen LogP contribution in [0.5, 0.6) is 0 Å². The summed E-state index contributed by atoms with van der Waals surface area (Å²) in [6.45, 7) is 4.62. The van der Waals surface area contributed by atoms with Crippen LogP contribution in [0, 0.1) is 0 Å². The van der Waals surface area contributed by atoms with Crippen molar-refractivity contribution in [1.82, 2.24) is 0 Å². The molecule has 5 atom stereocenters. The standard InChI is InChI=1S/C91H156O17P2/c1-5-9-13-17-21-25-29-33-37-40-42-45-48-51-55-59-63-67-71-75-88(93)101-81-86(107-90(95)77-73-69-65-61-57-53-47-36-32-28-24-20-16-12-8-4)83-105-109(97,98)103-79-85(92)80-104-110(99,100)106-84-87(108-91(96)78-74-70-66-62-58-54-50-44-39-35-31-27-23-19-15-11-7-3)82-102-89(94)76-72-68-64-60-56-52-49-46-43-41-38-34-30-26-22-18-14-10-6-2/h9,11,13,15,21-23,25-27,33-39,42-43,45-47,85-87,92H,5-8,10,12,14,16-20,24,28-32,40-41,44,48-84H2,1-4H3,(H,97,98)(H,99,100)/b13-9-,15-11-,25-21-,26-22-,27-23-,37-33-,38-34-,39-35-,45-42-,46-43-,47-36-. The number of allylic oxidation sites excluding steroid dienone is 22. The molecule has 0 radical (unpaired) electrons. The molecule has 0 spiro atoms. The molecule has 17 nitrogen and oxygen atoms in total. The van der Waals surface area contributed by atoms with Gasteiger partial charge in [0, 0.05) is 25.7 Å². The summed E-state index contributed by atoms with van der Waals surface area (Å²) in [6, 6.07) is 0. The molecule has 0 bridgehead atoms. The molecule has 110 heavy (non-hydrogen) atoms. The number of phosphoric acid groups is 2. The third-order valence-corrected chi connectivity index (χ3v) is 20.0. The molecule has 3 N–H and O–H groups in total. The second-order valence-corrected chi connectivity index (χ2v) is 31.6. The van der Waals surface area contributed by atoms with E-state index in [0.717, 1.165) is 225 Å². The van der Waals surface area contributed by atoms with E-state index >= 15 is 0 Å². The first-order chi connectivity index (χ1) is 53.7. The van der Waals surface area contributed by atoms with Crippen molar-refractivity contribution in [3.8, 4) is 0 Å². The summed E-state index contributed by atoms with van der Waals surface area (Å²) in [6.07, 6.45) is 94.0. The second kappa shape index (κ2) is 82.2. The Morgan fingerprint density at radius 2 is 0.473 bits per heavy atom. The molecular formula is C91H156O17P2. The smallest absolute Gasteiger partial charge is 0.462 e. The Kier molecular flexibility index (Phi) is 78.6. The van der Waals surface area contributed by atoms with Gasteiger partial charge in [0.2, 0.25) is 0 Å². The van der Waals surface area contributed by atoms with Crippen LogP contribution in [0.4, 0.5) is 0 Å². The van der Waals surface area contributed by atoms with Gasteiger partial charge in [-0.1, -0.05) is 309 Å². The Labute approximate surface area is 669 Å². The largest absolute Gasteiger partial charge is 0.472 e. The van der Waals surface area contributed by atoms with E-state index in [0.29, 0.717) is 25.7 Å². The van der Waals surface area contributed by atoms with Crippen LogP contribution < -0.4 is 0 Å². The minimum Gasteiger partial charge on any atom is -0.462 e. The number of unbranched alkanes of at least 4 members (excludes halogenated alkanes) is 33. The van der Waals surface area contributed by atoms with Crippen LogP contribution in [-0.4, -0.2) is 96.7 Å². The van der Waals surface area contributed by atoms with E-state index in [-0.39, 0.29) is 25.7 Å². The summed E-state index contributed by atoms with van der Waals surface area (Å²) < 4.78 is 68.9. The Balaban J connectivity index is 5.40. The highest BCUT2D eigenvalue weighted by molar-refractivity contribution is 7.47. The van der Waals surface area contributed by atoms with Crippen LogP contribution in [0.15, 0.2) is 134 Å². The molecule has 0 aromatic heterocycles. The Morgan fingerprint density at radius 3 is 0.755 bits per heavy atom. The summed E-state index contributed by atoms with van der Waals surface area (Å²) in [5.74, 6) is -2.21. The van der Waals surface area contributed by atoms with Crippen LogP contribution in [0.1, 0.15) is 362 Å². The number of carbonyl (C=O) groups is 4. The van der Waals surface area contributed by atoms with Crippen LogP contribution >= 0.6 is 15.6 Å². The topological polar surface area (TPSA) is 237 Å². The predicted molar refractivity (Wildman–Crippen MR) is 454 cm³/mol. The number of rotatable bonds is 81. The summed E-state index contributed by atoms with van der Waals surface area (Å²) in [5, 5.41) is 10.7. The summed E-state index contributed by atoms with van der Waals surface area (Å²) >= 11 is 0. The van der Waals surface area contributed by atoms with Crippen molar-refractivity contribution >= 4 is 39.5 Å². The first-order valence-electron chi connectivity index (χ1n) is 43.4. The number of esters is 4. The first-order valence-corrected chi connectivity index (χ1v) is 46.4. The van der Waals surface area contributed by atoms with Gasteiger partial charge < -0.3 is 33.8 Å². The lowest BCUT2D eigenvalue weighted by atomic mass is 10.1. The molecule has 0 aliphatic heterocycles. The molecule has 0 aromatic rings. The van der Waals surface area contributed by atoms with Crippen LogP contribution in [-0.2, 0) is 65.4 Å². The zero-order valence-electron chi connectivity index (χ0n) is 69.4. The average Bonchev–Trinajstić information content (AvgIpc) is 0.899. The molecule has 0 aliphatic carbocycles. The highest BCUT2D eigenvalue weighted by Crippen LogP contribution is 2.45. The first kappa shape index (κ1) is 105. The molecular weight excluding hydrogens is 1430 g/mol. The number of hydrogen-bond donors (Lipinski definition) is 3. The van der Waals surface area contributed by atoms with Gasteiger partial charge in [0.25, 0.3) is 0 Å². The van der Waals surface area contributed by atoms with Crippen LogP contribution in [0.2, 0.25) is 0 Å². The highest BCUT2D eigenvalue weighted by Gasteiger charge is 2.30. The lowest BCUT2D eigenvalue weighted by molar-refractivity contribution is -0.161. The van der Waals surface area contributed by atoms with Gasteiger partial charge in [-0.05, 0) is 161 Å². The number of hydrogen-bond acceptors (Lipinski definition) is 15. The molecule has 0 amide bonds. The molecule has 0 saturated carbocycles. The van der Waals surface area contributed by atoms with Gasteiger partial charge in [-0.2, -0.15) is 0 Å². The van der Waals surface area contributed by atoms with Crippen molar-refractivity contribution in [3.05, 3.63) is 134 Å². The maximum atomic E-state index is 13.2. The number of aliphatic hydroxyl groups is 1. The highest BCUT2D eigenvalue weighted by atomic mass is 31.2. The van der Waals surface area contributed by atoms with Crippen molar-refractivity contribution in [2.75, 3.05) is 39.6 Å². The van der Waals surface area contributed by atoms with Gasteiger partial charge in [0.05, 0.1) is 26.4 Å². The van der Waals surface area contributed by atoms with Crippen molar-refractivity contribution in [2.24, 2.45) is 0 Å². The van der Waals surface area contributed by atoms with Crippen LogP contribution in [0.3, 0.4) is 0 Å². The SMILES string of the molecule is CC/C=C\C/C=C\C/C=C\C/C=C\CCCCCCCCC(=O)OCC(COP(=O)(O)OCC(O)COP(=O)(O)OCC(COC(=O)CCCCCCCC/C=C\C/C=C\C/C=C\CCCCC)OC(=O)CCCCCCCCC/C=C\C/C=C\C/C=C\CC)OC(=O)CCCCCCC/C=C\CCCCCCCC. The van der Waals surface area contributed by atoms with Gasteiger partial charge in [-0.15, -0.1) is 0 Å². The summed E-state index contributed by atoms with van der Waals surface area (Å²) in [4.78, 5) is 73.3. The van der Waals surface area contributed by atoms with E-state index in [1.807, 2.05) is 0 Å². The summed E-state index contributed by atoms with van der Waals surface area (Å²) in [7, 11) is -9.98. The molecule has 0 rings (SSSR count). The quantitative estimate of drug-likeness (QED) is 0.0169. The monoisotopic (exact) mass is 1580 g/mol. The maximum absolute atomic E-state index is 13.2. The third-order valence-electron chi connectivity index (χ3n) is 18.1. The van der Waals surface area contributed by atoms with Crippen molar-refractivity contribution in [2.45, 2.75) is 380 Å². The summed E-state index contributed by atoms with van der Waals surface area (Å²) in [5.41, 5.74) is 0. The molecule has 0 heterocycles. The number of aliphatic hydroxyl groups excluding tert-OH is 1. The molecule has 632 valence electrons. The normalized spacial score (nSPS) is 14.4. The average molecular weight is 1580 g/mol. The third kappa shape index (κ3) is 81.2. The van der Waals surface area contributed by atoms with E-state index in [1.165, 1.54) is 57.8 Å². The molecule has 0 fully saturated rings. The molecule has 0 saturated heterocycles. The Morgan fingerprint density at radius 1 is 0.264 bits per heavy atom. The molecule has 0 aliphatic rings. The van der Waals surface area contributed by atoms with Gasteiger partial charge in [0.1, 0.15) is 19.3 Å². The zero-order valence-corrected chi connectivity index (χ0v) is 71.2. The maximum Gasteiger partial charge on any atom is 0.472 e. The Bertz CT molecular complexity index is 2600. The van der Waals surface area contributed by atoms with Gasteiger partial charge in [-0.3, -0.25) is 37.3 Å². The minimum atomic E-state index is -4.99. The van der Waals surface area contributed by atoms with E-state index in [9.17, 15) is 43.2 Å². The van der Waals surface area contributed by atoms with E-state index in [1.54, 1.807) is 0 Å². The van der Waals surface area contributed by atoms with Gasteiger partial charge in [0.15, 0.2) is 12.2 Å². The fraction of sp³-hybridized carbons (Fsp3) is 0.714. The van der Waals surface area contributed by atoms with Crippen LogP contribution in [0.25, 0.3) is 0 Å². The molecule has 19 heteroatoms. The lowest BCUT2D eigenvalue weighted by Gasteiger charge is -2.21. The van der Waals surface area contributed by atoms with Crippen molar-refractivity contribution in [3.63, 3.8) is 0 Å². The fourth-order valence-corrected chi connectivity index (χ4v) is 13.1. The number of phosphoric ester groups is 2. The van der Waals surface area contributed by atoms with Crippen molar-refractivity contribution < 1.29 is 80.2 Å². The molecule has 0 aromatic carbocycles. The van der Waals surface area contributed by atoms with E-state index in [2.05, 4.69) is 161 Å². The fourth-order valence-electron chi connectivity index (χ4n) is 11.5. The zero-order chi connectivity index (χ0) is 80.3. The van der Waals surface area contributed by atoms with Gasteiger partial charge >= 0.3 is 39.5 Å². The Hall–Kier alpha value is -4.80. The second-order valence-electron chi connectivity index (χ2n) is 28.7. The van der Waals surface area contributed by atoms with Crippen molar-refractivity contribution in [1.29, 1.82) is 0 Å². The van der Waals surface area contributed by atoms with Gasteiger partial charge in [-0.25, -0.2) is 9.13 Å². The minimum absolute atomic E-state index is 0.0781. The molecule has 5 unspecified atom stereocenters. The van der Waals surface area contributed by atoms with E-state index < -0.39 is 97.5 Å². The lowest BCUT2D eigenvalue weighted by Crippen LogP contribution is -2.30. The number of ether oxygens (including phenoxy) is 4. The number of carbonyl (C=O) groups excluding carboxylic acids is 4.